The molecule has 3 rings (SSSR count). The van der Waals surface area contributed by atoms with Crippen LogP contribution in [0.1, 0.15) is 38.4 Å². The summed E-state index contributed by atoms with van der Waals surface area (Å²) in [6.07, 6.45) is 4.92. The number of carbonyl (C=O) groups excluding carboxylic acids is 1. The highest BCUT2D eigenvalue weighted by Crippen LogP contribution is 2.22. The van der Waals surface area contributed by atoms with Crippen molar-refractivity contribution in [1.29, 1.82) is 0 Å². The van der Waals surface area contributed by atoms with E-state index in [1.54, 1.807) is 23.4 Å². The minimum atomic E-state index is -3.66. The predicted molar refractivity (Wildman–Crippen MR) is 97.0 cm³/mol. The van der Waals surface area contributed by atoms with E-state index in [2.05, 4.69) is 14.9 Å². The molecule has 1 fully saturated rings. The van der Waals surface area contributed by atoms with E-state index in [-0.39, 0.29) is 17.3 Å². The van der Waals surface area contributed by atoms with Gasteiger partial charge in [-0.05, 0) is 43.5 Å². The third kappa shape index (κ3) is 4.10. The molecular weight excluding hydrogens is 354 g/mol. The van der Waals surface area contributed by atoms with Gasteiger partial charge >= 0.3 is 0 Å². The SMILES string of the molecule is CCCn1cnnc1CNS(=O)(=O)c1ccc(N2CCCCC2=O)cc1. The monoisotopic (exact) mass is 377 g/mol. The molecule has 2 heterocycles. The summed E-state index contributed by atoms with van der Waals surface area (Å²) >= 11 is 0. The van der Waals surface area contributed by atoms with Crippen molar-refractivity contribution in [3.05, 3.63) is 36.4 Å². The molecule has 1 aliphatic heterocycles. The molecule has 1 N–H and O–H groups in total. The maximum absolute atomic E-state index is 12.5. The summed E-state index contributed by atoms with van der Waals surface area (Å²) in [4.78, 5) is 13.8. The van der Waals surface area contributed by atoms with Gasteiger partial charge in [-0.2, -0.15) is 0 Å². The molecule has 0 unspecified atom stereocenters. The standard InChI is InChI=1S/C17H23N5O3S/c1-2-10-21-13-18-20-16(21)12-19-26(24,25)15-8-6-14(7-9-15)22-11-4-3-5-17(22)23/h6-9,13,19H,2-5,10-12H2,1H3. The fraction of sp³-hybridized carbons (Fsp3) is 0.471. The summed E-state index contributed by atoms with van der Waals surface area (Å²) in [5.74, 6) is 0.659. The van der Waals surface area contributed by atoms with Crippen LogP contribution in [0.25, 0.3) is 0 Å². The zero-order valence-electron chi connectivity index (χ0n) is 14.8. The lowest BCUT2D eigenvalue weighted by Crippen LogP contribution is -2.35. The van der Waals surface area contributed by atoms with Gasteiger partial charge in [-0.1, -0.05) is 6.92 Å². The van der Waals surface area contributed by atoms with E-state index in [1.165, 1.54) is 12.1 Å². The number of rotatable bonds is 7. The number of aromatic nitrogens is 3. The lowest BCUT2D eigenvalue weighted by atomic mass is 10.1. The molecule has 0 atom stereocenters. The molecular formula is C17H23N5O3S. The predicted octanol–water partition coefficient (Wildman–Crippen LogP) is 1.68. The molecule has 1 aromatic carbocycles. The van der Waals surface area contributed by atoms with Crippen LogP contribution in [0, 0.1) is 0 Å². The Morgan fingerprint density at radius 2 is 1.96 bits per heavy atom. The lowest BCUT2D eigenvalue weighted by molar-refractivity contribution is -0.119. The van der Waals surface area contributed by atoms with Crippen LogP contribution in [0.15, 0.2) is 35.5 Å². The maximum Gasteiger partial charge on any atom is 0.240 e. The number of nitrogens with one attached hydrogen (secondary N) is 1. The minimum Gasteiger partial charge on any atom is -0.316 e. The quantitative estimate of drug-likeness (QED) is 0.792. The van der Waals surface area contributed by atoms with Crippen molar-refractivity contribution in [2.75, 3.05) is 11.4 Å². The molecule has 9 heteroatoms. The van der Waals surface area contributed by atoms with Gasteiger partial charge in [0.25, 0.3) is 0 Å². The van der Waals surface area contributed by atoms with Crippen molar-refractivity contribution in [2.45, 2.75) is 50.6 Å². The fourth-order valence-corrected chi connectivity index (χ4v) is 3.95. The van der Waals surface area contributed by atoms with Gasteiger partial charge in [0.15, 0.2) is 0 Å². The third-order valence-corrected chi connectivity index (χ3v) is 5.78. The number of hydrogen-bond acceptors (Lipinski definition) is 5. The van der Waals surface area contributed by atoms with Crippen molar-refractivity contribution in [2.24, 2.45) is 0 Å². The Balaban J connectivity index is 1.69. The first-order valence-corrected chi connectivity index (χ1v) is 10.3. The van der Waals surface area contributed by atoms with Gasteiger partial charge in [0.2, 0.25) is 15.9 Å². The van der Waals surface area contributed by atoms with Crippen molar-refractivity contribution in [3.8, 4) is 0 Å². The molecule has 0 saturated carbocycles. The van der Waals surface area contributed by atoms with Crippen molar-refractivity contribution in [3.63, 3.8) is 0 Å². The Morgan fingerprint density at radius 3 is 2.65 bits per heavy atom. The number of amides is 1. The summed E-state index contributed by atoms with van der Waals surface area (Å²) in [5, 5.41) is 7.78. The summed E-state index contributed by atoms with van der Waals surface area (Å²) in [6, 6.07) is 6.40. The molecule has 1 saturated heterocycles. The minimum absolute atomic E-state index is 0.0781. The van der Waals surface area contributed by atoms with Crippen LogP contribution in [0.2, 0.25) is 0 Å². The highest BCUT2D eigenvalue weighted by Gasteiger charge is 2.21. The Hall–Kier alpha value is -2.26. The van der Waals surface area contributed by atoms with Crippen LogP contribution in [-0.4, -0.2) is 35.6 Å². The Bertz CT molecular complexity index is 861. The fourth-order valence-electron chi connectivity index (χ4n) is 2.97. The largest absolute Gasteiger partial charge is 0.316 e. The van der Waals surface area contributed by atoms with Crippen molar-refractivity contribution < 1.29 is 13.2 Å². The Kier molecular flexibility index (Phi) is 5.67. The van der Waals surface area contributed by atoms with Gasteiger partial charge in [0, 0.05) is 25.2 Å². The van der Waals surface area contributed by atoms with Gasteiger partial charge in [-0.3, -0.25) is 4.79 Å². The second kappa shape index (κ2) is 7.96. The molecule has 0 spiro atoms. The van der Waals surface area contributed by atoms with E-state index in [1.807, 2.05) is 11.5 Å². The third-order valence-electron chi connectivity index (χ3n) is 4.36. The zero-order valence-corrected chi connectivity index (χ0v) is 15.6. The number of aryl methyl sites for hydroxylation is 1. The molecule has 8 nitrogen and oxygen atoms in total. The highest BCUT2D eigenvalue weighted by molar-refractivity contribution is 7.89. The second-order valence-corrected chi connectivity index (χ2v) is 8.03. The van der Waals surface area contributed by atoms with Crippen molar-refractivity contribution in [1.82, 2.24) is 19.5 Å². The molecule has 0 radical (unpaired) electrons. The van der Waals surface area contributed by atoms with Crippen LogP contribution < -0.4 is 9.62 Å². The van der Waals surface area contributed by atoms with E-state index in [4.69, 9.17) is 0 Å². The number of hydrogen-bond donors (Lipinski definition) is 1. The number of anilines is 1. The van der Waals surface area contributed by atoms with E-state index in [0.717, 1.165) is 31.5 Å². The molecule has 0 aliphatic carbocycles. The average molecular weight is 377 g/mol. The summed E-state index contributed by atoms with van der Waals surface area (Å²) < 4.78 is 29.4. The maximum atomic E-state index is 12.5. The van der Waals surface area contributed by atoms with Crippen LogP contribution >= 0.6 is 0 Å². The van der Waals surface area contributed by atoms with E-state index in [9.17, 15) is 13.2 Å². The smallest absolute Gasteiger partial charge is 0.240 e. The normalized spacial score (nSPS) is 15.4. The first kappa shape index (κ1) is 18.5. The molecule has 140 valence electrons. The molecule has 1 aliphatic rings. The first-order chi connectivity index (χ1) is 12.5. The summed E-state index contributed by atoms with van der Waals surface area (Å²) in [6.45, 7) is 3.52. The van der Waals surface area contributed by atoms with Crippen LogP contribution in [0.4, 0.5) is 5.69 Å². The second-order valence-electron chi connectivity index (χ2n) is 6.26. The van der Waals surface area contributed by atoms with Crippen LogP contribution in [0.3, 0.4) is 0 Å². The number of benzene rings is 1. The summed E-state index contributed by atoms with van der Waals surface area (Å²) in [7, 11) is -3.66. The topological polar surface area (TPSA) is 97.2 Å². The van der Waals surface area contributed by atoms with Crippen LogP contribution in [-0.2, 0) is 27.9 Å². The molecule has 1 amide bonds. The molecule has 0 bridgehead atoms. The van der Waals surface area contributed by atoms with E-state index in [0.29, 0.717) is 18.8 Å². The van der Waals surface area contributed by atoms with Gasteiger partial charge < -0.3 is 9.47 Å². The summed E-state index contributed by atoms with van der Waals surface area (Å²) in [5.41, 5.74) is 0.733. The number of nitrogens with zero attached hydrogens (tertiary/aromatic N) is 4. The highest BCUT2D eigenvalue weighted by atomic mass is 32.2. The van der Waals surface area contributed by atoms with Gasteiger partial charge in [-0.15, -0.1) is 10.2 Å². The van der Waals surface area contributed by atoms with Gasteiger partial charge in [0.1, 0.15) is 12.2 Å². The number of sulfonamides is 1. The lowest BCUT2D eigenvalue weighted by Gasteiger charge is -2.26. The van der Waals surface area contributed by atoms with Crippen molar-refractivity contribution >= 4 is 21.6 Å². The molecule has 1 aromatic heterocycles. The van der Waals surface area contributed by atoms with Crippen LogP contribution in [0.5, 0.6) is 0 Å². The number of piperidine rings is 1. The molecule has 2 aromatic rings. The zero-order chi connectivity index (χ0) is 18.6. The average Bonchev–Trinajstić information content (AvgIpc) is 3.08. The van der Waals surface area contributed by atoms with E-state index >= 15 is 0 Å². The number of carbonyl (C=O) groups is 1. The van der Waals surface area contributed by atoms with Gasteiger partial charge in [-0.25, -0.2) is 13.1 Å². The van der Waals surface area contributed by atoms with E-state index < -0.39 is 10.0 Å². The Labute approximate surface area is 153 Å². The molecule has 26 heavy (non-hydrogen) atoms. The first-order valence-electron chi connectivity index (χ1n) is 8.78. The Morgan fingerprint density at radius 1 is 1.19 bits per heavy atom. The van der Waals surface area contributed by atoms with Gasteiger partial charge in [0.05, 0.1) is 11.4 Å².